The third kappa shape index (κ3) is 3.47. The van der Waals surface area contributed by atoms with E-state index in [0.29, 0.717) is 12.0 Å². The number of carbonyl (C=O) groups excluding carboxylic acids is 4. The molecule has 2 rings (SSSR count). The molecular formula is C19H23NO6. The first kappa shape index (κ1) is 19.6. The number of ketones is 1. The second kappa shape index (κ2) is 8.12. The second-order valence-corrected chi connectivity index (χ2v) is 6.04. The van der Waals surface area contributed by atoms with Crippen LogP contribution in [0.3, 0.4) is 0 Å². The molecule has 1 aliphatic rings. The van der Waals surface area contributed by atoms with Gasteiger partial charge < -0.3 is 14.8 Å². The van der Waals surface area contributed by atoms with Crippen molar-refractivity contribution in [1.29, 1.82) is 0 Å². The molecule has 26 heavy (non-hydrogen) atoms. The fourth-order valence-corrected chi connectivity index (χ4v) is 3.34. The van der Waals surface area contributed by atoms with E-state index in [0.717, 1.165) is 5.56 Å². The fraction of sp³-hybridized carbons (Fsp3) is 0.474. The number of ether oxygens (including phenoxy) is 2. The predicted molar refractivity (Wildman–Crippen MR) is 92.4 cm³/mol. The van der Waals surface area contributed by atoms with Crippen LogP contribution < -0.4 is 5.32 Å². The molecule has 1 unspecified atom stereocenters. The van der Waals surface area contributed by atoms with Crippen LogP contribution in [0.5, 0.6) is 0 Å². The van der Waals surface area contributed by atoms with Gasteiger partial charge in [0, 0.05) is 12.5 Å². The predicted octanol–water partition coefficient (Wildman–Crippen LogP) is 1.43. The van der Waals surface area contributed by atoms with Crippen LogP contribution in [0.2, 0.25) is 0 Å². The number of fused-ring (bicyclic) bond motifs is 1. The maximum atomic E-state index is 13.1. The van der Waals surface area contributed by atoms with Gasteiger partial charge in [0.25, 0.3) is 0 Å². The molecule has 1 aromatic rings. The van der Waals surface area contributed by atoms with Gasteiger partial charge in [-0.2, -0.15) is 0 Å². The van der Waals surface area contributed by atoms with Gasteiger partial charge in [0.15, 0.2) is 5.78 Å². The number of benzene rings is 1. The molecule has 1 N–H and O–H groups in total. The van der Waals surface area contributed by atoms with Crippen LogP contribution in [0.1, 0.15) is 43.1 Å². The van der Waals surface area contributed by atoms with Crippen molar-refractivity contribution in [3.63, 3.8) is 0 Å². The van der Waals surface area contributed by atoms with E-state index in [1.165, 1.54) is 6.92 Å². The standard InChI is InChI=1S/C19H23NO6/c1-4-25-17(23)19(20-12(3)21,18(24)26-5-2)15-11-10-13-8-6-7-9-14(13)16(15)22/h6-9,15H,4-5,10-11H2,1-3H3,(H,20,21). The van der Waals surface area contributed by atoms with Crippen LogP contribution in [-0.2, 0) is 30.3 Å². The lowest BCUT2D eigenvalue weighted by molar-refractivity contribution is -0.170. The lowest BCUT2D eigenvalue weighted by Gasteiger charge is -2.37. The lowest BCUT2D eigenvalue weighted by Crippen LogP contribution is -2.67. The summed E-state index contributed by atoms with van der Waals surface area (Å²) in [7, 11) is 0. The van der Waals surface area contributed by atoms with E-state index in [1.807, 2.05) is 12.1 Å². The number of Topliss-reactive ketones (excluding diaryl/α,β-unsaturated/α-hetero) is 1. The first-order chi connectivity index (χ1) is 12.4. The van der Waals surface area contributed by atoms with Crippen LogP contribution in [0.25, 0.3) is 0 Å². The highest BCUT2D eigenvalue weighted by atomic mass is 16.6. The SMILES string of the molecule is CCOC(=O)C(NC(C)=O)(C(=O)OCC)C1CCc2ccccc2C1=O. The monoisotopic (exact) mass is 361 g/mol. The Bertz CT molecular complexity index is 708. The average molecular weight is 361 g/mol. The smallest absolute Gasteiger partial charge is 0.344 e. The zero-order chi connectivity index (χ0) is 19.3. The molecule has 0 bridgehead atoms. The minimum atomic E-state index is -2.19. The van der Waals surface area contributed by atoms with E-state index in [1.54, 1.807) is 26.0 Å². The molecule has 1 aromatic carbocycles. The quantitative estimate of drug-likeness (QED) is 0.608. The van der Waals surface area contributed by atoms with Crippen molar-refractivity contribution in [3.8, 4) is 0 Å². The topological polar surface area (TPSA) is 98.8 Å². The van der Waals surface area contributed by atoms with Gasteiger partial charge in [-0.1, -0.05) is 24.3 Å². The third-order valence-corrected chi connectivity index (χ3v) is 4.39. The molecule has 1 atom stereocenters. The highest BCUT2D eigenvalue weighted by molar-refractivity contribution is 6.15. The van der Waals surface area contributed by atoms with Gasteiger partial charge >= 0.3 is 11.9 Å². The number of nitrogens with one attached hydrogen (secondary N) is 1. The van der Waals surface area contributed by atoms with E-state index in [2.05, 4.69) is 5.32 Å². The molecule has 0 heterocycles. The first-order valence-electron chi connectivity index (χ1n) is 8.63. The lowest BCUT2D eigenvalue weighted by atomic mass is 9.71. The van der Waals surface area contributed by atoms with Gasteiger partial charge in [0.05, 0.1) is 19.1 Å². The molecule has 0 saturated carbocycles. The van der Waals surface area contributed by atoms with Gasteiger partial charge in [0.2, 0.25) is 11.4 Å². The first-order valence-corrected chi connectivity index (χ1v) is 8.63. The minimum Gasteiger partial charge on any atom is -0.464 e. The Hall–Kier alpha value is -2.70. The van der Waals surface area contributed by atoms with Gasteiger partial charge in [-0.3, -0.25) is 9.59 Å². The van der Waals surface area contributed by atoms with Crippen LogP contribution in [-0.4, -0.2) is 42.4 Å². The summed E-state index contributed by atoms with van der Waals surface area (Å²) in [6.45, 7) is 4.34. The van der Waals surface area contributed by atoms with E-state index in [9.17, 15) is 19.2 Å². The summed E-state index contributed by atoms with van der Waals surface area (Å²) < 4.78 is 10.1. The molecule has 1 amide bonds. The van der Waals surface area contributed by atoms with Crippen molar-refractivity contribution in [2.24, 2.45) is 5.92 Å². The summed E-state index contributed by atoms with van der Waals surface area (Å²) in [5, 5.41) is 2.38. The van der Waals surface area contributed by atoms with E-state index >= 15 is 0 Å². The maximum absolute atomic E-state index is 13.1. The normalized spacial score (nSPS) is 16.4. The van der Waals surface area contributed by atoms with Crippen LogP contribution in [0.4, 0.5) is 0 Å². The number of hydrogen-bond acceptors (Lipinski definition) is 6. The Kier molecular flexibility index (Phi) is 6.13. The summed E-state index contributed by atoms with van der Waals surface area (Å²) >= 11 is 0. The van der Waals surface area contributed by atoms with Crippen LogP contribution in [0, 0.1) is 5.92 Å². The Morgan fingerprint density at radius 3 is 2.23 bits per heavy atom. The molecule has 0 radical (unpaired) electrons. The van der Waals surface area contributed by atoms with Crippen molar-refractivity contribution >= 4 is 23.6 Å². The average Bonchev–Trinajstić information content (AvgIpc) is 2.60. The van der Waals surface area contributed by atoms with Crippen LogP contribution in [0.15, 0.2) is 24.3 Å². The zero-order valence-electron chi connectivity index (χ0n) is 15.2. The van der Waals surface area contributed by atoms with Crippen molar-refractivity contribution in [2.75, 3.05) is 13.2 Å². The summed E-state index contributed by atoms with van der Waals surface area (Å²) in [6.07, 6.45) is 0.709. The summed E-state index contributed by atoms with van der Waals surface area (Å²) in [5.41, 5.74) is -0.909. The second-order valence-electron chi connectivity index (χ2n) is 6.04. The highest BCUT2D eigenvalue weighted by Crippen LogP contribution is 2.34. The summed E-state index contributed by atoms with van der Waals surface area (Å²) in [5.74, 6) is -4.07. The Labute approximate surface area is 152 Å². The summed E-state index contributed by atoms with van der Waals surface area (Å²) in [6, 6.07) is 7.02. The number of esters is 2. The van der Waals surface area contributed by atoms with Gasteiger partial charge in [-0.25, -0.2) is 9.59 Å². The van der Waals surface area contributed by atoms with Crippen molar-refractivity contribution < 1.29 is 28.7 Å². The Morgan fingerprint density at radius 2 is 1.69 bits per heavy atom. The molecule has 0 aliphatic heterocycles. The van der Waals surface area contributed by atoms with Crippen molar-refractivity contribution in [1.82, 2.24) is 5.32 Å². The number of amides is 1. The fourth-order valence-electron chi connectivity index (χ4n) is 3.34. The third-order valence-electron chi connectivity index (χ3n) is 4.39. The Morgan fingerprint density at radius 1 is 1.12 bits per heavy atom. The number of hydrogen-bond donors (Lipinski definition) is 1. The molecule has 140 valence electrons. The molecule has 0 aromatic heterocycles. The molecule has 0 saturated heterocycles. The molecule has 7 nitrogen and oxygen atoms in total. The minimum absolute atomic E-state index is 0.00291. The van der Waals surface area contributed by atoms with Crippen molar-refractivity contribution in [3.05, 3.63) is 35.4 Å². The van der Waals surface area contributed by atoms with E-state index in [-0.39, 0.29) is 25.4 Å². The number of rotatable bonds is 6. The molecule has 1 aliphatic carbocycles. The van der Waals surface area contributed by atoms with Crippen LogP contribution >= 0.6 is 0 Å². The molecule has 7 heteroatoms. The largest absolute Gasteiger partial charge is 0.464 e. The molecular weight excluding hydrogens is 338 g/mol. The summed E-state index contributed by atoms with van der Waals surface area (Å²) in [4.78, 5) is 50.5. The van der Waals surface area contributed by atoms with Gasteiger partial charge in [-0.05, 0) is 32.3 Å². The van der Waals surface area contributed by atoms with E-state index < -0.39 is 29.3 Å². The van der Waals surface area contributed by atoms with E-state index in [4.69, 9.17) is 9.47 Å². The highest BCUT2D eigenvalue weighted by Gasteiger charge is 2.59. The van der Waals surface area contributed by atoms with Gasteiger partial charge in [0.1, 0.15) is 0 Å². The molecule has 0 spiro atoms. The van der Waals surface area contributed by atoms with Gasteiger partial charge in [-0.15, -0.1) is 0 Å². The number of carbonyl (C=O) groups is 4. The van der Waals surface area contributed by atoms with Crippen molar-refractivity contribution in [2.45, 2.75) is 39.2 Å². The Balaban J connectivity index is 2.58. The number of aryl methyl sites for hydroxylation is 1. The molecule has 0 fully saturated rings. The maximum Gasteiger partial charge on any atom is 0.344 e. The zero-order valence-corrected chi connectivity index (χ0v) is 15.2.